The van der Waals surface area contributed by atoms with Crippen LogP contribution in [0.4, 0.5) is 0 Å². The van der Waals surface area contributed by atoms with Crippen molar-refractivity contribution in [1.29, 1.82) is 0 Å². The molecule has 292 valence electrons. The van der Waals surface area contributed by atoms with E-state index in [2.05, 4.69) is 16.8 Å². The molecular formula is C40H63N3O9. The van der Waals surface area contributed by atoms with Crippen LogP contribution in [0.5, 0.6) is 0 Å². The monoisotopic (exact) mass is 729 g/mol. The van der Waals surface area contributed by atoms with E-state index in [4.69, 9.17) is 23.7 Å². The van der Waals surface area contributed by atoms with Crippen LogP contribution in [0.2, 0.25) is 0 Å². The third kappa shape index (κ3) is 9.88. The van der Waals surface area contributed by atoms with E-state index in [1.54, 1.807) is 20.0 Å². The summed E-state index contributed by atoms with van der Waals surface area (Å²) in [5, 5.41) is 23.8. The molecule has 4 rings (SSSR count). The first-order chi connectivity index (χ1) is 24.5. The third-order valence-corrected chi connectivity index (χ3v) is 11.1. The summed E-state index contributed by atoms with van der Waals surface area (Å²) in [5.41, 5.74) is -1.97. The van der Waals surface area contributed by atoms with E-state index >= 15 is 0 Å². The van der Waals surface area contributed by atoms with E-state index in [9.17, 15) is 19.8 Å². The molecule has 3 aliphatic heterocycles. The second-order valence-electron chi connectivity index (χ2n) is 15.8. The highest BCUT2D eigenvalue weighted by atomic mass is 16.7. The van der Waals surface area contributed by atoms with Gasteiger partial charge in [0.05, 0.1) is 42.8 Å². The fraction of sp³-hybridized carbons (Fsp3) is 0.725. The molecule has 1 unspecified atom stereocenters. The smallest absolute Gasteiger partial charge is 0.316 e. The average molecular weight is 730 g/mol. The van der Waals surface area contributed by atoms with Crippen molar-refractivity contribution in [1.82, 2.24) is 14.8 Å². The number of aliphatic hydroxyl groups is 2. The molecule has 2 fully saturated rings. The molecular weight excluding hydrogens is 666 g/mol. The number of carbonyl (C=O) groups excluding carboxylic acids is 2. The molecule has 0 spiro atoms. The summed E-state index contributed by atoms with van der Waals surface area (Å²) in [6.45, 7) is 15.6. The molecule has 52 heavy (non-hydrogen) atoms. The Kier molecular flexibility index (Phi) is 14.6. The third-order valence-electron chi connectivity index (χ3n) is 11.1. The number of Topliss-reactive ketones (excluding diaryl/α,β-unsaturated/α-hetero) is 1. The number of fused-ring (bicyclic) bond motifs is 6. The zero-order valence-corrected chi connectivity index (χ0v) is 32.8. The van der Waals surface area contributed by atoms with E-state index in [0.717, 1.165) is 5.69 Å². The average Bonchev–Trinajstić information content (AvgIpc) is 3.10. The second-order valence-corrected chi connectivity index (χ2v) is 15.8. The van der Waals surface area contributed by atoms with Crippen LogP contribution in [0.3, 0.4) is 0 Å². The molecule has 4 heterocycles. The van der Waals surface area contributed by atoms with Crippen LogP contribution in [0.1, 0.15) is 80.3 Å². The quantitative estimate of drug-likeness (QED) is 0.246. The Bertz CT molecular complexity index is 1370. The highest BCUT2D eigenvalue weighted by molar-refractivity contribution is 6.00. The van der Waals surface area contributed by atoms with Crippen molar-refractivity contribution in [2.24, 2.45) is 17.8 Å². The van der Waals surface area contributed by atoms with Gasteiger partial charge in [-0.3, -0.25) is 14.6 Å². The molecule has 12 nitrogen and oxygen atoms in total. The lowest BCUT2D eigenvalue weighted by Gasteiger charge is -2.47. The van der Waals surface area contributed by atoms with Gasteiger partial charge in [-0.2, -0.15) is 0 Å². The first-order valence-corrected chi connectivity index (χ1v) is 18.9. The Morgan fingerprint density at radius 3 is 2.46 bits per heavy atom. The van der Waals surface area contributed by atoms with Crippen molar-refractivity contribution in [2.75, 3.05) is 33.9 Å². The van der Waals surface area contributed by atoms with Crippen LogP contribution < -0.4 is 0 Å². The number of carbonyl (C=O) groups is 2. The number of ether oxygens (including phenoxy) is 5. The van der Waals surface area contributed by atoms with Gasteiger partial charge in [-0.05, 0) is 92.1 Å². The Labute approximate surface area is 310 Å². The number of hydrogen-bond donors (Lipinski definition) is 2. The number of cyclic esters (lactones) is 1. The molecule has 0 amide bonds. The van der Waals surface area contributed by atoms with Crippen LogP contribution in [-0.4, -0.2) is 131 Å². The van der Waals surface area contributed by atoms with Crippen molar-refractivity contribution in [3.8, 4) is 0 Å². The van der Waals surface area contributed by atoms with E-state index < -0.39 is 71.5 Å². The summed E-state index contributed by atoms with van der Waals surface area (Å²) in [6.07, 6.45) is 5.67. The van der Waals surface area contributed by atoms with Gasteiger partial charge in [0.25, 0.3) is 0 Å². The number of hydrogen-bond acceptors (Lipinski definition) is 12. The topological polar surface area (TPSA) is 140 Å². The molecule has 13 atom stereocenters. The van der Waals surface area contributed by atoms with Gasteiger partial charge in [-0.25, -0.2) is 0 Å². The maximum atomic E-state index is 14.3. The van der Waals surface area contributed by atoms with Gasteiger partial charge in [0.2, 0.25) is 0 Å². The minimum absolute atomic E-state index is 0.0578. The van der Waals surface area contributed by atoms with Gasteiger partial charge in [-0.1, -0.05) is 39.0 Å². The molecule has 0 radical (unpaired) electrons. The normalized spacial score (nSPS) is 41.0. The van der Waals surface area contributed by atoms with E-state index in [1.165, 1.54) is 6.92 Å². The molecule has 1 aromatic rings. The summed E-state index contributed by atoms with van der Waals surface area (Å²) in [5.74, 6) is -3.24. The zero-order valence-electron chi connectivity index (χ0n) is 32.8. The van der Waals surface area contributed by atoms with Gasteiger partial charge >= 0.3 is 5.97 Å². The number of rotatable bonds is 6. The van der Waals surface area contributed by atoms with Crippen LogP contribution in [0.25, 0.3) is 6.08 Å². The summed E-state index contributed by atoms with van der Waals surface area (Å²) in [6, 6.07) is 5.05. The maximum Gasteiger partial charge on any atom is 0.316 e. The van der Waals surface area contributed by atoms with Gasteiger partial charge in [0.15, 0.2) is 12.1 Å². The SMILES string of the molecule is CC[C@H]1OC(=O)C(C)C(=O)[C@H](C)[C@@H](O[C@@H]2O[C@H](C)C[C@H](N(C)C)[C@H]2O)[C@@]2(C)C[C@@H](C)CN(/C=C/c3ccccn3)[C@H](C)[C@H](OC/C=C\CO2)[C@]1(C)O. The molecule has 0 saturated carbocycles. The summed E-state index contributed by atoms with van der Waals surface area (Å²) < 4.78 is 32.2. The van der Waals surface area contributed by atoms with Crippen molar-refractivity contribution in [2.45, 2.75) is 135 Å². The Morgan fingerprint density at radius 1 is 1.10 bits per heavy atom. The van der Waals surface area contributed by atoms with Crippen LogP contribution in [0.15, 0.2) is 42.7 Å². The second kappa shape index (κ2) is 18.1. The Balaban J connectivity index is 1.88. The summed E-state index contributed by atoms with van der Waals surface area (Å²) in [4.78, 5) is 36.7. The number of ketones is 1. The van der Waals surface area contributed by atoms with Gasteiger partial charge in [-0.15, -0.1) is 0 Å². The number of esters is 1. The predicted octanol–water partition coefficient (Wildman–Crippen LogP) is 4.24. The van der Waals surface area contributed by atoms with Gasteiger partial charge in [0, 0.05) is 30.9 Å². The van der Waals surface area contributed by atoms with Crippen LogP contribution >= 0.6 is 0 Å². The van der Waals surface area contributed by atoms with E-state index in [0.29, 0.717) is 19.4 Å². The van der Waals surface area contributed by atoms with Crippen LogP contribution in [0, 0.1) is 17.8 Å². The minimum atomic E-state index is -1.64. The number of likely N-dealkylation sites (N-methyl/N-ethyl adjacent to an activating group) is 1. The van der Waals surface area contributed by atoms with E-state index in [-0.39, 0.29) is 37.7 Å². The highest BCUT2D eigenvalue weighted by Gasteiger charge is 2.51. The molecule has 3 aliphatic rings. The number of nitrogens with zero attached hydrogens (tertiary/aromatic N) is 3. The van der Waals surface area contributed by atoms with Crippen molar-refractivity contribution in [3.05, 3.63) is 48.4 Å². The first kappa shape index (κ1) is 42.0. The largest absolute Gasteiger partial charge is 0.459 e. The fourth-order valence-corrected chi connectivity index (χ4v) is 8.18. The maximum absolute atomic E-state index is 14.3. The summed E-state index contributed by atoms with van der Waals surface area (Å²) >= 11 is 0. The number of pyridine rings is 1. The molecule has 2 N–H and O–H groups in total. The predicted molar refractivity (Wildman–Crippen MR) is 198 cm³/mol. The minimum Gasteiger partial charge on any atom is -0.459 e. The van der Waals surface area contributed by atoms with Crippen molar-refractivity contribution >= 4 is 17.8 Å². The van der Waals surface area contributed by atoms with Gasteiger partial charge < -0.3 is 43.7 Å². The Morgan fingerprint density at radius 2 is 1.81 bits per heavy atom. The lowest BCUT2D eigenvalue weighted by atomic mass is 9.78. The van der Waals surface area contributed by atoms with Gasteiger partial charge in [0.1, 0.15) is 29.8 Å². The lowest BCUT2D eigenvalue weighted by Crippen LogP contribution is -2.60. The first-order valence-electron chi connectivity index (χ1n) is 18.9. The molecule has 2 saturated heterocycles. The number of aliphatic hydroxyl groups excluding tert-OH is 1. The molecule has 2 bridgehead atoms. The number of aromatic nitrogens is 1. The highest BCUT2D eigenvalue weighted by Crippen LogP contribution is 2.38. The lowest BCUT2D eigenvalue weighted by molar-refractivity contribution is -0.297. The fourth-order valence-electron chi connectivity index (χ4n) is 8.18. The summed E-state index contributed by atoms with van der Waals surface area (Å²) in [7, 11) is 3.81. The molecule has 0 aliphatic carbocycles. The van der Waals surface area contributed by atoms with Crippen molar-refractivity contribution < 1.29 is 43.5 Å². The zero-order chi connectivity index (χ0) is 38.4. The standard InChI is InChI=1S/C40H63N3O9/c1-11-32-40(8,47)36-29(6)43(19-17-30-16-12-13-18-41-30)24-25(2)23-39(7,49-21-15-14-20-48-36)35(27(4)33(44)28(5)37(46)51-32)52-38-34(45)31(42(9)10)22-26(3)50-38/h12-19,25-29,31-32,34-36,38,45,47H,11,20-24H2,1-10H3/b15-14-,19-17+/t25-,26-,27+,28?,29-,31+,32-,34-,35-,36+,38+,39-,40-/m1/s1. The molecule has 1 aromatic heterocycles. The van der Waals surface area contributed by atoms with E-state index in [1.807, 2.05) is 89.3 Å². The molecule has 12 heteroatoms. The van der Waals surface area contributed by atoms with Crippen LogP contribution in [-0.2, 0) is 33.3 Å². The molecule has 0 aromatic carbocycles. The van der Waals surface area contributed by atoms with Crippen molar-refractivity contribution in [3.63, 3.8) is 0 Å². The Hall–Kier alpha value is -2.71.